The predicted octanol–water partition coefficient (Wildman–Crippen LogP) is 2.40. The molecule has 1 aliphatic heterocycles. The Morgan fingerprint density at radius 2 is 2.18 bits per heavy atom. The van der Waals surface area contributed by atoms with Gasteiger partial charge in [0.15, 0.2) is 0 Å². The number of hydrogen-bond donors (Lipinski definition) is 2. The maximum absolute atomic E-state index is 12.1. The zero-order valence-electron chi connectivity index (χ0n) is 12.8. The summed E-state index contributed by atoms with van der Waals surface area (Å²) in [6, 6.07) is 9.65. The molecule has 1 fully saturated rings. The van der Waals surface area contributed by atoms with Crippen LogP contribution < -0.4 is 10.6 Å². The van der Waals surface area contributed by atoms with Crippen LogP contribution in [0.2, 0.25) is 0 Å². The molecule has 0 aliphatic carbocycles. The zero-order chi connectivity index (χ0) is 15.5. The van der Waals surface area contributed by atoms with E-state index in [1.165, 1.54) is 0 Å². The highest BCUT2D eigenvalue weighted by atomic mass is 16.5. The number of aromatic nitrogens is 2. The number of amides is 2. The summed E-state index contributed by atoms with van der Waals surface area (Å²) >= 11 is 0. The number of nitrogens with one attached hydrogen (secondary N) is 2. The molecule has 1 aromatic carbocycles. The molecule has 0 unspecified atom stereocenters. The molecule has 1 saturated heterocycles. The standard InChI is InChI=1S/C16H20N4O2/c1-11-5-3-4-6-14(11)20-15(9-12(2)19-20)18-16(21)17-13-7-8-22-10-13/h3-6,9,13H,7-8,10H2,1-2H3,(H2,17,18,21)/t13-/m1/s1. The molecule has 2 heterocycles. The van der Waals surface area contributed by atoms with Crippen molar-refractivity contribution >= 4 is 11.8 Å². The first-order valence-corrected chi connectivity index (χ1v) is 7.41. The Labute approximate surface area is 129 Å². The smallest absolute Gasteiger partial charge is 0.320 e. The van der Waals surface area contributed by atoms with E-state index in [1.807, 2.05) is 44.2 Å². The average Bonchev–Trinajstić information content (AvgIpc) is 3.09. The van der Waals surface area contributed by atoms with Gasteiger partial charge in [0.2, 0.25) is 0 Å². The van der Waals surface area contributed by atoms with Crippen molar-refractivity contribution in [1.82, 2.24) is 15.1 Å². The van der Waals surface area contributed by atoms with E-state index >= 15 is 0 Å². The van der Waals surface area contributed by atoms with Gasteiger partial charge in [-0.3, -0.25) is 5.32 Å². The Morgan fingerprint density at radius 3 is 2.91 bits per heavy atom. The van der Waals surface area contributed by atoms with Gasteiger partial charge in [-0.2, -0.15) is 5.10 Å². The van der Waals surface area contributed by atoms with Crippen molar-refractivity contribution in [2.75, 3.05) is 18.5 Å². The lowest BCUT2D eigenvalue weighted by Crippen LogP contribution is -2.38. The number of aryl methyl sites for hydroxylation is 2. The second kappa shape index (κ2) is 6.19. The van der Waals surface area contributed by atoms with E-state index in [2.05, 4.69) is 15.7 Å². The highest BCUT2D eigenvalue weighted by molar-refractivity contribution is 5.89. The monoisotopic (exact) mass is 300 g/mol. The minimum Gasteiger partial charge on any atom is -0.379 e. The van der Waals surface area contributed by atoms with Gasteiger partial charge in [0.25, 0.3) is 0 Å². The Bertz CT molecular complexity index is 675. The Hall–Kier alpha value is -2.34. The maximum atomic E-state index is 12.1. The average molecular weight is 300 g/mol. The van der Waals surface area contributed by atoms with E-state index < -0.39 is 0 Å². The van der Waals surface area contributed by atoms with Gasteiger partial charge >= 0.3 is 6.03 Å². The molecule has 0 bridgehead atoms. The molecular formula is C16H20N4O2. The molecule has 1 aromatic heterocycles. The van der Waals surface area contributed by atoms with Crippen molar-refractivity contribution in [3.8, 4) is 5.69 Å². The molecule has 1 atom stereocenters. The van der Waals surface area contributed by atoms with Crippen molar-refractivity contribution in [1.29, 1.82) is 0 Å². The summed E-state index contributed by atoms with van der Waals surface area (Å²) in [7, 11) is 0. The van der Waals surface area contributed by atoms with Crippen LogP contribution in [-0.4, -0.2) is 35.1 Å². The fraction of sp³-hybridized carbons (Fsp3) is 0.375. The molecule has 2 N–H and O–H groups in total. The van der Waals surface area contributed by atoms with Crippen molar-refractivity contribution in [3.05, 3.63) is 41.6 Å². The van der Waals surface area contributed by atoms with Crippen LogP contribution in [-0.2, 0) is 4.74 Å². The van der Waals surface area contributed by atoms with Crippen LogP contribution in [0.15, 0.2) is 30.3 Å². The molecule has 6 heteroatoms. The fourth-order valence-electron chi connectivity index (χ4n) is 2.56. The van der Waals surface area contributed by atoms with Crippen LogP contribution in [0.5, 0.6) is 0 Å². The lowest BCUT2D eigenvalue weighted by atomic mass is 10.2. The first-order chi connectivity index (χ1) is 10.6. The van der Waals surface area contributed by atoms with E-state index in [1.54, 1.807) is 4.68 Å². The number of carbonyl (C=O) groups excluding carboxylic acids is 1. The van der Waals surface area contributed by atoms with Crippen LogP contribution in [0.4, 0.5) is 10.6 Å². The predicted molar refractivity (Wildman–Crippen MR) is 84.4 cm³/mol. The summed E-state index contributed by atoms with van der Waals surface area (Å²) in [5.41, 5.74) is 2.90. The summed E-state index contributed by atoms with van der Waals surface area (Å²) in [4.78, 5) is 12.1. The molecule has 0 radical (unpaired) electrons. The number of benzene rings is 1. The van der Waals surface area contributed by atoms with Crippen LogP contribution in [0.3, 0.4) is 0 Å². The van der Waals surface area contributed by atoms with E-state index in [0.29, 0.717) is 19.0 Å². The molecule has 116 valence electrons. The Balaban J connectivity index is 1.79. The molecule has 0 spiro atoms. The SMILES string of the molecule is Cc1cc(NC(=O)N[C@@H]2CCOC2)n(-c2ccccc2C)n1. The number of urea groups is 1. The largest absolute Gasteiger partial charge is 0.379 e. The number of hydrogen-bond acceptors (Lipinski definition) is 3. The first kappa shape index (κ1) is 14.6. The molecule has 0 saturated carbocycles. The molecule has 3 rings (SSSR count). The summed E-state index contributed by atoms with van der Waals surface area (Å²) in [6.07, 6.45) is 0.851. The van der Waals surface area contributed by atoms with Crippen LogP contribution in [0.25, 0.3) is 5.69 Å². The minimum atomic E-state index is -0.231. The van der Waals surface area contributed by atoms with Crippen LogP contribution >= 0.6 is 0 Å². The highest BCUT2D eigenvalue weighted by Gasteiger charge is 2.19. The number of rotatable bonds is 3. The third-order valence-electron chi connectivity index (χ3n) is 3.68. The summed E-state index contributed by atoms with van der Waals surface area (Å²) in [5.74, 6) is 0.656. The van der Waals surface area contributed by atoms with E-state index in [0.717, 1.165) is 23.4 Å². The maximum Gasteiger partial charge on any atom is 0.320 e. The Morgan fingerprint density at radius 1 is 1.36 bits per heavy atom. The fourth-order valence-corrected chi connectivity index (χ4v) is 2.56. The topological polar surface area (TPSA) is 68.2 Å². The zero-order valence-corrected chi connectivity index (χ0v) is 12.8. The highest BCUT2D eigenvalue weighted by Crippen LogP contribution is 2.20. The summed E-state index contributed by atoms with van der Waals surface area (Å²) in [6.45, 7) is 5.20. The number of para-hydroxylation sites is 1. The van der Waals surface area contributed by atoms with Gasteiger partial charge in [-0.25, -0.2) is 9.48 Å². The van der Waals surface area contributed by atoms with Crippen molar-refractivity contribution < 1.29 is 9.53 Å². The van der Waals surface area contributed by atoms with E-state index in [9.17, 15) is 4.79 Å². The molecule has 1 aliphatic rings. The molecular weight excluding hydrogens is 280 g/mol. The third kappa shape index (κ3) is 3.12. The number of anilines is 1. The molecule has 6 nitrogen and oxygen atoms in total. The van der Waals surface area contributed by atoms with Gasteiger partial charge in [0, 0.05) is 12.7 Å². The molecule has 22 heavy (non-hydrogen) atoms. The van der Waals surface area contributed by atoms with Crippen LogP contribution in [0.1, 0.15) is 17.7 Å². The van der Waals surface area contributed by atoms with Gasteiger partial charge < -0.3 is 10.1 Å². The van der Waals surface area contributed by atoms with Crippen molar-refractivity contribution in [2.24, 2.45) is 0 Å². The van der Waals surface area contributed by atoms with E-state index in [-0.39, 0.29) is 12.1 Å². The quantitative estimate of drug-likeness (QED) is 0.914. The second-order valence-corrected chi connectivity index (χ2v) is 5.53. The second-order valence-electron chi connectivity index (χ2n) is 5.53. The van der Waals surface area contributed by atoms with Gasteiger partial charge in [-0.05, 0) is 31.9 Å². The third-order valence-corrected chi connectivity index (χ3v) is 3.68. The van der Waals surface area contributed by atoms with E-state index in [4.69, 9.17) is 4.74 Å². The summed E-state index contributed by atoms with van der Waals surface area (Å²) in [5, 5.41) is 10.3. The normalized spacial score (nSPS) is 17.5. The van der Waals surface area contributed by atoms with Crippen LogP contribution in [0, 0.1) is 13.8 Å². The molecule has 2 amide bonds. The Kier molecular flexibility index (Phi) is 4.11. The number of ether oxygens (including phenoxy) is 1. The number of nitrogens with zero attached hydrogens (tertiary/aromatic N) is 2. The van der Waals surface area contributed by atoms with Gasteiger partial charge in [0.05, 0.1) is 24.0 Å². The van der Waals surface area contributed by atoms with Gasteiger partial charge in [0.1, 0.15) is 5.82 Å². The number of carbonyl (C=O) groups is 1. The minimum absolute atomic E-state index is 0.0796. The lowest BCUT2D eigenvalue weighted by molar-refractivity contribution is 0.189. The van der Waals surface area contributed by atoms with Gasteiger partial charge in [-0.1, -0.05) is 18.2 Å². The van der Waals surface area contributed by atoms with Crippen molar-refractivity contribution in [3.63, 3.8) is 0 Å². The first-order valence-electron chi connectivity index (χ1n) is 7.41. The van der Waals surface area contributed by atoms with Gasteiger partial charge in [-0.15, -0.1) is 0 Å². The molecule has 2 aromatic rings. The van der Waals surface area contributed by atoms with Crippen molar-refractivity contribution in [2.45, 2.75) is 26.3 Å². The lowest BCUT2D eigenvalue weighted by Gasteiger charge is -2.14. The summed E-state index contributed by atoms with van der Waals surface area (Å²) < 4.78 is 7.02.